The first-order chi connectivity index (χ1) is 9.02. The lowest BCUT2D eigenvalue weighted by molar-refractivity contribution is 0.682. The highest BCUT2D eigenvalue weighted by Gasteiger charge is 2.04. The fourth-order valence-electron chi connectivity index (χ4n) is 2.26. The molecule has 0 aliphatic heterocycles. The molecule has 0 fully saturated rings. The van der Waals surface area contributed by atoms with Crippen LogP contribution in [0.4, 0.5) is 0 Å². The van der Waals surface area contributed by atoms with Gasteiger partial charge in [-0.05, 0) is 31.9 Å². The summed E-state index contributed by atoms with van der Waals surface area (Å²) in [5.74, 6) is 1.27. The Balaban J connectivity index is 2.03. The van der Waals surface area contributed by atoms with E-state index in [1.54, 1.807) is 0 Å². The van der Waals surface area contributed by atoms with E-state index in [0.29, 0.717) is 11.5 Å². The summed E-state index contributed by atoms with van der Waals surface area (Å²) in [7, 11) is -0.845. The molecule has 0 saturated heterocycles. The molecule has 0 heterocycles. The predicted molar refractivity (Wildman–Crippen MR) is 82.6 cm³/mol. The quantitative estimate of drug-likeness (QED) is 0.820. The topological polar surface area (TPSA) is 17.1 Å². The summed E-state index contributed by atoms with van der Waals surface area (Å²) >= 11 is 0. The largest absolute Gasteiger partial charge is 0.259 e. The van der Waals surface area contributed by atoms with Crippen molar-refractivity contribution in [2.24, 2.45) is 0 Å². The second-order valence-electron chi connectivity index (χ2n) is 5.21. The maximum atomic E-state index is 12.2. The van der Waals surface area contributed by atoms with Gasteiger partial charge in [0.15, 0.2) is 0 Å². The molecule has 1 unspecified atom stereocenters. The van der Waals surface area contributed by atoms with E-state index < -0.39 is 10.8 Å². The number of hydrogen-bond acceptors (Lipinski definition) is 1. The van der Waals surface area contributed by atoms with E-state index in [-0.39, 0.29) is 0 Å². The normalized spacial score (nSPS) is 12.4. The first-order valence-electron chi connectivity index (χ1n) is 6.50. The second-order valence-corrected chi connectivity index (χ2v) is 6.67. The number of aryl methyl sites for hydroxylation is 3. The first kappa shape index (κ1) is 14.0. The molecule has 2 aromatic carbocycles. The zero-order valence-electron chi connectivity index (χ0n) is 11.8. The Morgan fingerprint density at radius 1 is 0.737 bits per heavy atom. The van der Waals surface area contributed by atoms with Crippen molar-refractivity contribution >= 4 is 10.8 Å². The van der Waals surface area contributed by atoms with E-state index >= 15 is 0 Å². The molecule has 1 atom stereocenters. The Bertz CT molecular complexity index is 564. The molecular formula is C17H20OS. The van der Waals surface area contributed by atoms with Gasteiger partial charge in [0.05, 0.1) is 0 Å². The SMILES string of the molecule is Cc1ccc(CS(=O)Cc2cc(C)cc(C)c2)cc1. The number of rotatable bonds is 4. The van der Waals surface area contributed by atoms with Gasteiger partial charge in [0.25, 0.3) is 0 Å². The van der Waals surface area contributed by atoms with Crippen molar-refractivity contribution in [1.29, 1.82) is 0 Å². The van der Waals surface area contributed by atoms with E-state index in [1.165, 1.54) is 22.3 Å². The standard InChI is InChI=1S/C17H20OS/c1-13-4-6-16(7-5-13)11-19(18)12-17-9-14(2)8-15(3)10-17/h4-10H,11-12H2,1-3H3. The summed E-state index contributed by atoms with van der Waals surface area (Å²) < 4.78 is 12.2. The third-order valence-corrected chi connectivity index (χ3v) is 4.37. The monoisotopic (exact) mass is 272 g/mol. The smallest absolute Gasteiger partial charge is 0.0489 e. The van der Waals surface area contributed by atoms with Gasteiger partial charge in [-0.25, -0.2) is 0 Å². The average Bonchev–Trinajstić information content (AvgIpc) is 2.30. The zero-order chi connectivity index (χ0) is 13.8. The summed E-state index contributed by atoms with van der Waals surface area (Å²) in [5, 5.41) is 0. The van der Waals surface area contributed by atoms with Gasteiger partial charge in [0.1, 0.15) is 0 Å². The molecule has 2 aromatic rings. The van der Waals surface area contributed by atoms with Crippen molar-refractivity contribution in [1.82, 2.24) is 0 Å². The Hall–Kier alpha value is -1.41. The lowest BCUT2D eigenvalue weighted by Crippen LogP contribution is -2.00. The van der Waals surface area contributed by atoms with Crippen LogP contribution in [0.1, 0.15) is 27.8 Å². The van der Waals surface area contributed by atoms with Crippen LogP contribution in [-0.4, -0.2) is 4.21 Å². The molecule has 0 aromatic heterocycles. The highest BCUT2D eigenvalue weighted by Crippen LogP contribution is 2.13. The number of hydrogen-bond donors (Lipinski definition) is 0. The molecule has 0 aliphatic rings. The minimum absolute atomic E-state index is 0.632. The highest BCUT2D eigenvalue weighted by molar-refractivity contribution is 7.83. The van der Waals surface area contributed by atoms with E-state index in [2.05, 4.69) is 63.2 Å². The highest BCUT2D eigenvalue weighted by atomic mass is 32.2. The first-order valence-corrected chi connectivity index (χ1v) is 7.99. The van der Waals surface area contributed by atoms with Crippen LogP contribution in [0.3, 0.4) is 0 Å². The summed E-state index contributed by atoms with van der Waals surface area (Å²) in [6.45, 7) is 6.23. The Morgan fingerprint density at radius 3 is 1.84 bits per heavy atom. The Labute approximate surface area is 118 Å². The maximum Gasteiger partial charge on any atom is 0.0489 e. The van der Waals surface area contributed by atoms with Gasteiger partial charge in [-0.1, -0.05) is 59.2 Å². The van der Waals surface area contributed by atoms with Gasteiger partial charge in [-0.2, -0.15) is 0 Å². The Kier molecular flexibility index (Phi) is 4.54. The van der Waals surface area contributed by atoms with E-state index in [4.69, 9.17) is 0 Å². The second kappa shape index (κ2) is 6.16. The molecule has 100 valence electrons. The summed E-state index contributed by atoms with van der Waals surface area (Å²) in [6.07, 6.45) is 0. The van der Waals surface area contributed by atoms with Crippen molar-refractivity contribution in [2.75, 3.05) is 0 Å². The molecule has 1 nitrogen and oxygen atoms in total. The van der Waals surface area contributed by atoms with Gasteiger partial charge < -0.3 is 0 Å². The fraction of sp³-hybridized carbons (Fsp3) is 0.294. The van der Waals surface area contributed by atoms with Crippen molar-refractivity contribution in [3.05, 3.63) is 70.3 Å². The lowest BCUT2D eigenvalue weighted by atomic mass is 10.1. The molecule has 2 heteroatoms. The molecular weight excluding hydrogens is 252 g/mol. The van der Waals surface area contributed by atoms with Crippen molar-refractivity contribution in [3.8, 4) is 0 Å². The third-order valence-electron chi connectivity index (χ3n) is 3.06. The maximum absolute atomic E-state index is 12.2. The predicted octanol–water partition coefficient (Wildman–Crippen LogP) is 4.06. The van der Waals surface area contributed by atoms with Crippen LogP contribution in [0, 0.1) is 20.8 Å². The van der Waals surface area contributed by atoms with Crippen LogP contribution in [0.2, 0.25) is 0 Å². The molecule has 0 spiro atoms. The van der Waals surface area contributed by atoms with Crippen LogP contribution in [0.25, 0.3) is 0 Å². The molecule has 2 rings (SSSR count). The number of benzene rings is 2. The molecule has 0 radical (unpaired) electrons. The summed E-state index contributed by atoms with van der Waals surface area (Å²) in [5.41, 5.74) is 6.03. The minimum atomic E-state index is -0.845. The fourth-order valence-corrected chi connectivity index (χ4v) is 3.46. The molecule has 0 N–H and O–H groups in total. The van der Waals surface area contributed by atoms with Crippen LogP contribution in [0.5, 0.6) is 0 Å². The Morgan fingerprint density at radius 2 is 1.26 bits per heavy atom. The molecule has 19 heavy (non-hydrogen) atoms. The molecule has 0 saturated carbocycles. The van der Waals surface area contributed by atoms with Gasteiger partial charge in [-0.15, -0.1) is 0 Å². The van der Waals surface area contributed by atoms with Crippen molar-refractivity contribution in [2.45, 2.75) is 32.3 Å². The van der Waals surface area contributed by atoms with Crippen LogP contribution in [0.15, 0.2) is 42.5 Å². The third kappa shape index (κ3) is 4.32. The van der Waals surface area contributed by atoms with Gasteiger partial charge in [-0.3, -0.25) is 4.21 Å². The van der Waals surface area contributed by atoms with E-state index in [1.807, 2.05) is 0 Å². The minimum Gasteiger partial charge on any atom is -0.259 e. The van der Waals surface area contributed by atoms with E-state index in [0.717, 1.165) is 5.56 Å². The van der Waals surface area contributed by atoms with Gasteiger partial charge in [0, 0.05) is 22.3 Å². The van der Waals surface area contributed by atoms with Crippen molar-refractivity contribution in [3.63, 3.8) is 0 Å². The van der Waals surface area contributed by atoms with Crippen LogP contribution >= 0.6 is 0 Å². The summed E-state index contributed by atoms with van der Waals surface area (Å²) in [6, 6.07) is 14.7. The molecule has 0 amide bonds. The zero-order valence-corrected chi connectivity index (χ0v) is 12.6. The van der Waals surface area contributed by atoms with Gasteiger partial charge in [0.2, 0.25) is 0 Å². The van der Waals surface area contributed by atoms with Gasteiger partial charge >= 0.3 is 0 Å². The molecule has 0 aliphatic carbocycles. The average molecular weight is 272 g/mol. The van der Waals surface area contributed by atoms with Crippen LogP contribution < -0.4 is 0 Å². The van der Waals surface area contributed by atoms with E-state index in [9.17, 15) is 4.21 Å². The van der Waals surface area contributed by atoms with Crippen molar-refractivity contribution < 1.29 is 4.21 Å². The van der Waals surface area contributed by atoms with Crippen LogP contribution in [-0.2, 0) is 22.3 Å². The molecule has 0 bridgehead atoms. The lowest BCUT2D eigenvalue weighted by Gasteiger charge is -2.06. The summed E-state index contributed by atoms with van der Waals surface area (Å²) in [4.78, 5) is 0.